The maximum atomic E-state index is 13.6. The lowest BCUT2D eigenvalue weighted by atomic mass is 9.81. The van der Waals surface area contributed by atoms with Gasteiger partial charge < -0.3 is 16.0 Å². The number of β-lactam (4-membered cyclic amide) rings is 1. The summed E-state index contributed by atoms with van der Waals surface area (Å²) in [4.78, 5) is 46.5. The van der Waals surface area contributed by atoms with Gasteiger partial charge in [0.15, 0.2) is 0 Å². The Labute approximate surface area is 203 Å². The second kappa shape index (κ2) is 9.96. The zero-order chi connectivity index (χ0) is 25.1. The van der Waals surface area contributed by atoms with Gasteiger partial charge in [-0.2, -0.15) is 5.10 Å². The number of benzene rings is 1. The molecule has 0 spiro atoms. The highest BCUT2D eigenvalue weighted by Gasteiger charge is 2.55. The highest BCUT2D eigenvalue weighted by Crippen LogP contribution is 2.33. The van der Waals surface area contributed by atoms with Crippen LogP contribution >= 0.6 is 0 Å². The molecule has 0 radical (unpaired) electrons. The van der Waals surface area contributed by atoms with Gasteiger partial charge in [-0.3, -0.25) is 19.2 Å². The molecule has 3 heterocycles. The molecule has 1 aromatic carbocycles. The van der Waals surface area contributed by atoms with E-state index < -0.39 is 23.9 Å². The van der Waals surface area contributed by atoms with Crippen molar-refractivity contribution in [2.45, 2.75) is 31.8 Å². The lowest BCUT2D eigenvalue weighted by molar-refractivity contribution is -0.156. The smallest absolute Gasteiger partial charge is 0.325 e. The van der Waals surface area contributed by atoms with E-state index in [1.165, 1.54) is 4.90 Å². The second-order valence-corrected chi connectivity index (χ2v) is 8.64. The van der Waals surface area contributed by atoms with Crippen LogP contribution in [0.2, 0.25) is 0 Å². The van der Waals surface area contributed by atoms with E-state index in [2.05, 4.69) is 15.4 Å². The molecule has 0 saturated carbocycles. The van der Waals surface area contributed by atoms with E-state index >= 15 is 0 Å². The van der Waals surface area contributed by atoms with Gasteiger partial charge in [0, 0.05) is 26.5 Å². The summed E-state index contributed by atoms with van der Waals surface area (Å²) in [6, 6.07) is 11.1. The Bertz CT molecular complexity index is 1230. The molecule has 1 aliphatic heterocycles. The van der Waals surface area contributed by atoms with Crippen LogP contribution in [0.25, 0.3) is 0 Å². The molecule has 182 valence electrons. The number of anilines is 2. The summed E-state index contributed by atoms with van der Waals surface area (Å²) in [5.41, 5.74) is 8.06. The maximum absolute atomic E-state index is 13.6. The van der Waals surface area contributed by atoms with Crippen LogP contribution in [0.4, 0.5) is 16.3 Å². The van der Waals surface area contributed by atoms with Gasteiger partial charge in [-0.05, 0) is 36.1 Å². The molecule has 3 N–H and O–H groups in total. The van der Waals surface area contributed by atoms with Gasteiger partial charge in [-0.1, -0.05) is 37.3 Å². The van der Waals surface area contributed by atoms with Gasteiger partial charge in [-0.25, -0.2) is 9.78 Å². The molecule has 2 aromatic heterocycles. The van der Waals surface area contributed by atoms with E-state index in [-0.39, 0.29) is 18.4 Å². The number of amides is 4. The number of hydrogen-bond donors (Lipinski definition) is 2. The zero-order valence-electron chi connectivity index (χ0n) is 20.0. The Morgan fingerprint density at radius 2 is 1.97 bits per heavy atom. The Hall–Kier alpha value is -4.21. The topological polar surface area (TPSA) is 126 Å². The highest BCUT2D eigenvalue weighted by molar-refractivity contribution is 6.12. The number of nitrogens with one attached hydrogen (secondary N) is 1. The van der Waals surface area contributed by atoms with Crippen LogP contribution in [0.1, 0.15) is 30.5 Å². The summed E-state index contributed by atoms with van der Waals surface area (Å²) in [6.45, 7) is 1.95. The van der Waals surface area contributed by atoms with E-state index in [1.54, 1.807) is 49.5 Å². The number of pyridine rings is 1. The van der Waals surface area contributed by atoms with Crippen molar-refractivity contribution in [2.75, 3.05) is 17.7 Å². The molecular formula is C25H29N7O3. The van der Waals surface area contributed by atoms with Crippen LogP contribution in [0.3, 0.4) is 0 Å². The minimum atomic E-state index is -0.963. The highest BCUT2D eigenvalue weighted by atomic mass is 16.2. The fourth-order valence-electron chi connectivity index (χ4n) is 4.36. The molecule has 10 heteroatoms. The van der Waals surface area contributed by atoms with Crippen LogP contribution in [-0.2, 0) is 23.1 Å². The van der Waals surface area contributed by atoms with Crippen molar-refractivity contribution in [2.24, 2.45) is 13.0 Å². The van der Waals surface area contributed by atoms with Gasteiger partial charge >= 0.3 is 6.03 Å². The molecule has 0 aliphatic carbocycles. The molecule has 0 bridgehead atoms. The van der Waals surface area contributed by atoms with E-state index in [0.717, 1.165) is 16.0 Å². The number of rotatable bonds is 7. The van der Waals surface area contributed by atoms with E-state index in [1.807, 2.05) is 37.3 Å². The van der Waals surface area contributed by atoms with Crippen LogP contribution in [0, 0.1) is 5.92 Å². The van der Waals surface area contributed by atoms with Gasteiger partial charge in [-0.15, -0.1) is 0 Å². The van der Waals surface area contributed by atoms with Crippen molar-refractivity contribution in [3.05, 3.63) is 72.2 Å². The van der Waals surface area contributed by atoms with Gasteiger partial charge in [0.25, 0.3) is 5.91 Å². The summed E-state index contributed by atoms with van der Waals surface area (Å²) in [7, 11) is 3.36. The molecule has 1 saturated heterocycles. The predicted octanol–water partition coefficient (Wildman–Crippen LogP) is 2.29. The van der Waals surface area contributed by atoms with Gasteiger partial charge in [0.05, 0.1) is 23.8 Å². The van der Waals surface area contributed by atoms with Gasteiger partial charge in [0.1, 0.15) is 11.9 Å². The Morgan fingerprint density at radius 3 is 2.60 bits per heavy atom. The summed E-state index contributed by atoms with van der Waals surface area (Å²) in [6.07, 6.45) is 5.71. The normalized spacial score (nSPS) is 18.0. The minimum Gasteiger partial charge on any atom is -0.384 e. The average molecular weight is 476 g/mol. The van der Waals surface area contributed by atoms with Crippen LogP contribution in [-0.4, -0.2) is 50.6 Å². The number of carbonyl (C=O) groups is 3. The van der Waals surface area contributed by atoms with Crippen molar-refractivity contribution in [1.29, 1.82) is 0 Å². The third-order valence-electron chi connectivity index (χ3n) is 6.30. The summed E-state index contributed by atoms with van der Waals surface area (Å²) in [5, 5.41) is 7.04. The zero-order valence-corrected chi connectivity index (χ0v) is 20.0. The number of imide groups is 1. The van der Waals surface area contributed by atoms with Gasteiger partial charge in [0.2, 0.25) is 5.91 Å². The molecule has 4 rings (SSSR count). The molecule has 10 nitrogen and oxygen atoms in total. The number of nitrogens with zero attached hydrogens (tertiary/aromatic N) is 5. The summed E-state index contributed by atoms with van der Waals surface area (Å²) >= 11 is 0. The SMILES string of the molecule is CC[C@@H](NC(=O)N1C(=O)[C@H](Cc2ccnc(N)c2)[C@H]1C(=O)N(C)c1cnn(C)c1)c1ccccc1. The van der Waals surface area contributed by atoms with E-state index in [0.29, 0.717) is 17.9 Å². The predicted molar refractivity (Wildman–Crippen MR) is 131 cm³/mol. The first-order valence-electron chi connectivity index (χ1n) is 11.4. The maximum Gasteiger partial charge on any atom is 0.325 e. The Morgan fingerprint density at radius 1 is 1.23 bits per heavy atom. The van der Waals surface area contributed by atoms with Crippen molar-refractivity contribution in [3.8, 4) is 0 Å². The molecule has 3 aromatic rings. The number of likely N-dealkylation sites (N-methyl/N-ethyl adjacent to an activating group) is 1. The Balaban J connectivity index is 1.59. The molecule has 0 unspecified atom stereocenters. The van der Waals surface area contributed by atoms with Crippen molar-refractivity contribution < 1.29 is 14.4 Å². The number of nitrogen functional groups attached to an aromatic ring is 1. The molecule has 35 heavy (non-hydrogen) atoms. The molecular weight excluding hydrogens is 446 g/mol. The number of carbonyl (C=O) groups excluding carboxylic acids is 3. The largest absolute Gasteiger partial charge is 0.384 e. The second-order valence-electron chi connectivity index (χ2n) is 8.64. The molecule has 1 fully saturated rings. The van der Waals surface area contributed by atoms with Crippen molar-refractivity contribution >= 4 is 29.4 Å². The van der Waals surface area contributed by atoms with E-state index in [4.69, 9.17) is 5.73 Å². The molecule has 1 aliphatic rings. The average Bonchev–Trinajstić information content (AvgIpc) is 3.29. The lowest BCUT2D eigenvalue weighted by Crippen LogP contribution is -2.70. The first-order valence-corrected chi connectivity index (χ1v) is 11.4. The van der Waals surface area contributed by atoms with E-state index in [9.17, 15) is 14.4 Å². The van der Waals surface area contributed by atoms with Crippen LogP contribution in [0.5, 0.6) is 0 Å². The molecule has 3 atom stereocenters. The summed E-state index contributed by atoms with van der Waals surface area (Å²) < 4.78 is 1.58. The quantitative estimate of drug-likeness (QED) is 0.505. The standard InChI is InChI=1S/C25H29N7O3/c1-4-20(17-8-6-5-7-9-17)29-25(35)32-22(24(34)31(3)18-14-28-30(2)15-18)19(23(32)33)12-16-10-11-27-21(26)13-16/h5-11,13-15,19-20,22H,4,12H2,1-3H3,(H2,26,27)(H,29,35)/t19-,20-,22+/m1/s1. The number of aromatic nitrogens is 3. The minimum absolute atomic E-state index is 0.266. The third kappa shape index (κ3) is 4.86. The third-order valence-corrected chi connectivity index (χ3v) is 6.30. The lowest BCUT2D eigenvalue weighted by Gasteiger charge is -2.46. The number of aryl methyl sites for hydroxylation is 1. The monoisotopic (exact) mass is 475 g/mol. The molecule has 4 amide bonds. The first-order chi connectivity index (χ1) is 16.8. The first kappa shape index (κ1) is 23.9. The fourth-order valence-corrected chi connectivity index (χ4v) is 4.36. The summed E-state index contributed by atoms with van der Waals surface area (Å²) in [5.74, 6) is -1.15. The van der Waals surface area contributed by atoms with Crippen LogP contribution < -0.4 is 16.0 Å². The number of urea groups is 1. The van der Waals surface area contributed by atoms with Crippen molar-refractivity contribution in [3.63, 3.8) is 0 Å². The van der Waals surface area contributed by atoms with Crippen LogP contribution in [0.15, 0.2) is 61.1 Å². The number of likely N-dealkylation sites (tertiary alicyclic amines) is 1. The fraction of sp³-hybridized carbons (Fsp3) is 0.320. The number of nitrogens with two attached hydrogens (primary N) is 1. The number of hydrogen-bond acceptors (Lipinski definition) is 6. The van der Waals surface area contributed by atoms with Crippen molar-refractivity contribution in [1.82, 2.24) is 25.0 Å². The Kier molecular flexibility index (Phi) is 6.81.